The highest BCUT2D eigenvalue weighted by Crippen LogP contribution is 2.24. The van der Waals surface area contributed by atoms with E-state index in [2.05, 4.69) is 5.32 Å². The summed E-state index contributed by atoms with van der Waals surface area (Å²) in [5.74, 6) is -0.627. The van der Waals surface area contributed by atoms with E-state index >= 15 is 0 Å². The second-order valence-corrected chi connectivity index (χ2v) is 6.88. The average molecular weight is 416 g/mol. The Morgan fingerprint density at radius 2 is 1.90 bits per heavy atom. The van der Waals surface area contributed by atoms with Gasteiger partial charge in [0.05, 0.1) is 5.02 Å². The number of esters is 1. The lowest BCUT2D eigenvalue weighted by Crippen LogP contribution is -2.33. The molecule has 0 fully saturated rings. The zero-order valence-corrected chi connectivity index (χ0v) is 16.5. The molecule has 0 radical (unpaired) electrons. The summed E-state index contributed by atoms with van der Waals surface area (Å²) in [4.78, 5) is 36.2. The highest BCUT2D eigenvalue weighted by atomic mass is 35.5. The molecule has 0 saturated carbocycles. The summed E-state index contributed by atoms with van der Waals surface area (Å²) in [7, 11) is 0. The van der Waals surface area contributed by atoms with Gasteiger partial charge in [0, 0.05) is 17.5 Å². The topological polar surface area (TPSA) is 94.8 Å². The van der Waals surface area contributed by atoms with Crippen molar-refractivity contribution in [3.63, 3.8) is 0 Å². The van der Waals surface area contributed by atoms with E-state index in [1.165, 1.54) is 18.2 Å². The molecule has 0 bridgehead atoms. The summed E-state index contributed by atoms with van der Waals surface area (Å²) in [6.45, 7) is 3.23. The predicted molar refractivity (Wildman–Crippen MR) is 108 cm³/mol. The van der Waals surface area contributed by atoms with E-state index < -0.39 is 17.5 Å². The predicted octanol–water partition coefficient (Wildman–Crippen LogP) is 3.57. The number of amides is 1. The van der Waals surface area contributed by atoms with Gasteiger partial charge in [-0.05, 0) is 44.2 Å². The number of hydrogen-bond donors (Lipinski definition) is 1. The Morgan fingerprint density at radius 1 is 1.14 bits per heavy atom. The van der Waals surface area contributed by atoms with E-state index in [4.69, 9.17) is 25.5 Å². The summed E-state index contributed by atoms with van der Waals surface area (Å²) < 4.78 is 15.7. The molecule has 0 unspecified atom stereocenters. The number of rotatable bonds is 6. The number of benzene rings is 2. The first-order chi connectivity index (χ1) is 13.8. The first kappa shape index (κ1) is 20.4. The van der Waals surface area contributed by atoms with E-state index in [0.717, 1.165) is 0 Å². The second kappa shape index (κ2) is 8.79. The number of fused-ring (bicyclic) bond motifs is 1. The number of carbonyl (C=O) groups excluding carboxylic acids is 2. The van der Waals surface area contributed by atoms with Crippen LogP contribution in [-0.2, 0) is 4.79 Å². The third-order valence-electron chi connectivity index (χ3n) is 3.79. The van der Waals surface area contributed by atoms with Crippen LogP contribution in [0.3, 0.4) is 0 Å². The fourth-order valence-electron chi connectivity index (χ4n) is 2.51. The lowest BCUT2D eigenvalue weighted by atomic mass is 10.1. The van der Waals surface area contributed by atoms with Gasteiger partial charge in [-0.25, -0.2) is 9.59 Å². The number of para-hydroxylation sites is 1. The standard InChI is InChI=1S/C21H18ClNO6/c1-12(2)23-20(25)15-9-13-7-8-14(10-18(13)29-21(15)26)28-19(24)11-27-17-6-4-3-5-16(17)22/h3-10,12H,11H2,1-2H3,(H,23,25). The van der Waals surface area contributed by atoms with Gasteiger partial charge in [-0.2, -0.15) is 0 Å². The van der Waals surface area contributed by atoms with Gasteiger partial charge >= 0.3 is 11.6 Å². The molecule has 0 spiro atoms. The van der Waals surface area contributed by atoms with E-state index in [0.29, 0.717) is 16.2 Å². The lowest BCUT2D eigenvalue weighted by molar-refractivity contribution is -0.136. The van der Waals surface area contributed by atoms with Gasteiger partial charge in [-0.3, -0.25) is 4.79 Å². The van der Waals surface area contributed by atoms with Crippen LogP contribution >= 0.6 is 11.6 Å². The van der Waals surface area contributed by atoms with Gasteiger partial charge in [0.15, 0.2) is 6.61 Å². The first-order valence-corrected chi connectivity index (χ1v) is 9.18. The molecule has 0 aliphatic heterocycles. The largest absolute Gasteiger partial charge is 0.480 e. The molecule has 3 aromatic rings. The van der Waals surface area contributed by atoms with Crippen LogP contribution in [0.1, 0.15) is 24.2 Å². The number of nitrogens with one attached hydrogen (secondary N) is 1. The van der Waals surface area contributed by atoms with Gasteiger partial charge < -0.3 is 19.2 Å². The highest BCUT2D eigenvalue weighted by Gasteiger charge is 2.15. The maximum Gasteiger partial charge on any atom is 0.349 e. The van der Waals surface area contributed by atoms with E-state index in [1.54, 1.807) is 44.2 Å². The number of halogens is 1. The molecule has 0 atom stereocenters. The molecule has 3 rings (SSSR count). The fraction of sp³-hybridized carbons (Fsp3) is 0.190. The van der Waals surface area contributed by atoms with Gasteiger partial charge in [0.1, 0.15) is 22.6 Å². The fourth-order valence-corrected chi connectivity index (χ4v) is 2.70. The van der Waals surface area contributed by atoms with Gasteiger partial charge in [-0.15, -0.1) is 0 Å². The molecule has 0 aliphatic rings. The molecule has 29 heavy (non-hydrogen) atoms. The summed E-state index contributed by atoms with van der Waals surface area (Å²) in [6.07, 6.45) is 0. The van der Waals surface area contributed by atoms with Crippen LogP contribution in [-0.4, -0.2) is 24.5 Å². The van der Waals surface area contributed by atoms with Crippen molar-refractivity contribution in [3.05, 3.63) is 69.5 Å². The molecule has 2 aromatic carbocycles. The van der Waals surface area contributed by atoms with Gasteiger partial charge in [0.25, 0.3) is 5.91 Å². The van der Waals surface area contributed by atoms with Crippen molar-refractivity contribution in [3.8, 4) is 11.5 Å². The van der Waals surface area contributed by atoms with Crippen LogP contribution < -0.4 is 20.4 Å². The van der Waals surface area contributed by atoms with Crippen LogP contribution in [0.25, 0.3) is 11.0 Å². The second-order valence-electron chi connectivity index (χ2n) is 6.47. The highest BCUT2D eigenvalue weighted by molar-refractivity contribution is 6.32. The van der Waals surface area contributed by atoms with Crippen LogP contribution in [0.15, 0.2) is 57.7 Å². The van der Waals surface area contributed by atoms with Crippen molar-refractivity contribution in [1.29, 1.82) is 0 Å². The van der Waals surface area contributed by atoms with Crippen molar-refractivity contribution in [2.24, 2.45) is 0 Å². The normalized spacial score (nSPS) is 10.8. The lowest BCUT2D eigenvalue weighted by Gasteiger charge is -2.09. The Kier molecular flexibility index (Phi) is 6.19. The Morgan fingerprint density at radius 3 is 2.62 bits per heavy atom. The van der Waals surface area contributed by atoms with Crippen LogP contribution in [0, 0.1) is 0 Å². The molecule has 1 amide bonds. The van der Waals surface area contributed by atoms with Crippen molar-refractivity contribution in [2.75, 3.05) is 6.61 Å². The SMILES string of the molecule is CC(C)NC(=O)c1cc2ccc(OC(=O)COc3ccccc3Cl)cc2oc1=O. The average Bonchev–Trinajstić information content (AvgIpc) is 2.66. The third-order valence-corrected chi connectivity index (χ3v) is 4.10. The monoisotopic (exact) mass is 415 g/mol. The molecule has 0 saturated heterocycles. The van der Waals surface area contributed by atoms with Crippen LogP contribution in [0.4, 0.5) is 0 Å². The minimum absolute atomic E-state index is 0.0934. The van der Waals surface area contributed by atoms with Crippen LogP contribution in [0.5, 0.6) is 11.5 Å². The molecule has 1 N–H and O–H groups in total. The minimum atomic E-state index is -0.777. The molecule has 1 heterocycles. The van der Waals surface area contributed by atoms with Crippen molar-refractivity contribution < 1.29 is 23.5 Å². The molecular weight excluding hydrogens is 398 g/mol. The Balaban J connectivity index is 1.72. The summed E-state index contributed by atoms with van der Waals surface area (Å²) >= 11 is 5.96. The maximum atomic E-state index is 12.1. The summed E-state index contributed by atoms with van der Waals surface area (Å²) in [5, 5.41) is 3.54. The van der Waals surface area contributed by atoms with E-state index in [1.807, 2.05) is 0 Å². The zero-order chi connectivity index (χ0) is 21.0. The number of hydrogen-bond acceptors (Lipinski definition) is 6. The number of ether oxygens (including phenoxy) is 2. The van der Waals surface area contributed by atoms with Crippen LogP contribution in [0.2, 0.25) is 5.02 Å². The molecule has 7 nitrogen and oxygen atoms in total. The number of carbonyl (C=O) groups is 2. The molecule has 150 valence electrons. The zero-order valence-electron chi connectivity index (χ0n) is 15.7. The maximum absolute atomic E-state index is 12.1. The Hall–Kier alpha value is -3.32. The smallest absolute Gasteiger partial charge is 0.349 e. The van der Waals surface area contributed by atoms with Gasteiger partial charge in [0.2, 0.25) is 0 Å². The minimum Gasteiger partial charge on any atom is -0.480 e. The Labute approximate surface area is 171 Å². The van der Waals surface area contributed by atoms with Crippen molar-refractivity contribution in [2.45, 2.75) is 19.9 Å². The molecule has 0 aliphatic carbocycles. The van der Waals surface area contributed by atoms with Gasteiger partial charge in [-0.1, -0.05) is 23.7 Å². The van der Waals surface area contributed by atoms with Crippen molar-refractivity contribution >= 4 is 34.4 Å². The quantitative estimate of drug-likeness (QED) is 0.375. The Bertz CT molecular complexity index is 1120. The molecule has 8 heteroatoms. The molecular formula is C21H18ClNO6. The third kappa shape index (κ3) is 5.14. The molecule has 1 aromatic heterocycles. The first-order valence-electron chi connectivity index (χ1n) is 8.80. The van der Waals surface area contributed by atoms with E-state index in [-0.39, 0.29) is 29.5 Å². The van der Waals surface area contributed by atoms with Crippen molar-refractivity contribution in [1.82, 2.24) is 5.32 Å². The van der Waals surface area contributed by atoms with E-state index in [9.17, 15) is 14.4 Å². The summed E-state index contributed by atoms with van der Waals surface area (Å²) in [6, 6.07) is 12.6. The summed E-state index contributed by atoms with van der Waals surface area (Å²) in [5.41, 5.74) is -0.682.